The average Bonchev–Trinajstić information content (AvgIpc) is 3.02. The highest BCUT2D eigenvalue weighted by atomic mass is 32.1. The molecule has 1 amide bonds. The molecule has 1 saturated carbocycles. The fourth-order valence-corrected chi connectivity index (χ4v) is 4.69. The fourth-order valence-electron chi connectivity index (χ4n) is 3.83. The van der Waals surface area contributed by atoms with E-state index in [4.69, 9.17) is 0 Å². The molecule has 1 N–H and O–H groups in total. The van der Waals surface area contributed by atoms with Crippen molar-refractivity contribution in [2.45, 2.75) is 37.1 Å². The Hall–Kier alpha value is -1.65. The number of carbonyl (C=O) groups excluding carboxylic acids is 1. The van der Waals surface area contributed by atoms with Crippen molar-refractivity contribution in [1.82, 2.24) is 10.2 Å². The molecule has 1 aliphatic carbocycles. The Labute approximate surface area is 147 Å². The van der Waals surface area contributed by atoms with Crippen LogP contribution < -0.4 is 5.32 Å². The molecule has 4 rings (SSSR count). The summed E-state index contributed by atoms with van der Waals surface area (Å²) in [6, 6.07) is 14.9. The Morgan fingerprint density at radius 2 is 1.88 bits per heavy atom. The van der Waals surface area contributed by atoms with Crippen molar-refractivity contribution in [3.8, 4) is 0 Å². The maximum atomic E-state index is 12.9. The Balaban J connectivity index is 1.45. The quantitative estimate of drug-likeness (QED) is 0.869. The molecule has 3 nitrogen and oxygen atoms in total. The number of nitrogens with one attached hydrogen (secondary N) is 1. The normalized spacial score (nSPS) is 20.7. The van der Waals surface area contributed by atoms with Gasteiger partial charge in [-0.25, -0.2) is 0 Å². The van der Waals surface area contributed by atoms with Crippen LogP contribution in [0, 0.1) is 0 Å². The number of nitrogens with zero attached hydrogens (tertiary/aromatic N) is 1. The monoisotopic (exact) mass is 340 g/mol. The molecular formula is C20H24N2OS. The van der Waals surface area contributed by atoms with Crippen LogP contribution >= 0.6 is 11.3 Å². The predicted octanol–water partition coefficient (Wildman–Crippen LogP) is 3.73. The minimum Gasteiger partial charge on any atom is -0.353 e. The second kappa shape index (κ2) is 6.69. The number of carbonyl (C=O) groups is 1. The molecule has 1 aromatic carbocycles. The Morgan fingerprint density at radius 1 is 1.12 bits per heavy atom. The minimum absolute atomic E-state index is 0.203. The maximum absolute atomic E-state index is 12.9. The summed E-state index contributed by atoms with van der Waals surface area (Å²) in [5.41, 5.74) is 0.892. The van der Waals surface area contributed by atoms with E-state index in [-0.39, 0.29) is 11.3 Å². The molecule has 24 heavy (non-hydrogen) atoms. The van der Waals surface area contributed by atoms with E-state index in [9.17, 15) is 4.79 Å². The zero-order valence-corrected chi connectivity index (χ0v) is 14.7. The molecular weight excluding hydrogens is 316 g/mol. The lowest BCUT2D eigenvalue weighted by Crippen LogP contribution is -2.41. The van der Waals surface area contributed by atoms with Crippen LogP contribution in [-0.2, 0) is 10.2 Å². The molecule has 2 aromatic rings. The molecule has 2 heterocycles. The molecule has 1 saturated heterocycles. The van der Waals surface area contributed by atoms with Crippen molar-refractivity contribution < 1.29 is 4.79 Å². The third-order valence-electron chi connectivity index (χ3n) is 5.42. The lowest BCUT2D eigenvalue weighted by Gasteiger charge is -2.28. The first-order chi connectivity index (χ1) is 11.8. The van der Waals surface area contributed by atoms with Crippen LogP contribution in [0.4, 0.5) is 0 Å². The van der Waals surface area contributed by atoms with Gasteiger partial charge >= 0.3 is 0 Å². The number of hydrogen-bond acceptors (Lipinski definition) is 3. The van der Waals surface area contributed by atoms with E-state index in [0.29, 0.717) is 12.6 Å². The smallest absolute Gasteiger partial charge is 0.230 e. The molecule has 1 unspecified atom stereocenters. The minimum atomic E-state index is -0.272. The summed E-state index contributed by atoms with van der Waals surface area (Å²) < 4.78 is 0. The molecule has 4 heteroatoms. The van der Waals surface area contributed by atoms with Gasteiger partial charge in [0, 0.05) is 11.4 Å². The zero-order valence-electron chi connectivity index (χ0n) is 13.9. The summed E-state index contributed by atoms with van der Waals surface area (Å²) in [6.45, 7) is 3.00. The van der Waals surface area contributed by atoms with E-state index in [0.717, 1.165) is 31.5 Å². The van der Waals surface area contributed by atoms with Gasteiger partial charge in [0.15, 0.2) is 0 Å². The summed E-state index contributed by atoms with van der Waals surface area (Å²) >= 11 is 1.80. The van der Waals surface area contributed by atoms with E-state index in [1.807, 2.05) is 18.2 Å². The second-order valence-electron chi connectivity index (χ2n) is 6.93. The van der Waals surface area contributed by atoms with Crippen LogP contribution in [0.15, 0.2) is 47.8 Å². The van der Waals surface area contributed by atoms with Gasteiger partial charge in [-0.2, -0.15) is 0 Å². The van der Waals surface area contributed by atoms with Crippen molar-refractivity contribution in [3.63, 3.8) is 0 Å². The Morgan fingerprint density at radius 3 is 2.50 bits per heavy atom. The second-order valence-corrected chi connectivity index (χ2v) is 7.91. The van der Waals surface area contributed by atoms with Gasteiger partial charge in [0.25, 0.3) is 0 Å². The number of amides is 1. The van der Waals surface area contributed by atoms with Gasteiger partial charge in [-0.3, -0.25) is 9.69 Å². The maximum Gasteiger partial charge on any atom is 0.230 e. The Kier molecular flexibility index (Phi) is 4.42. The van der Waals surface area contributed by atoms with Crippen molar-refractivity contribution in [2.75, 3.05) is 19.6 Å². The van der Waals surface area contributed by atoms with Crippen LogP contribution in [0.3, 0.4) is 0 Å². The van der Waals surface area contributed by atoms with E-state index in [1.54, 1.807) is 11.3 Å². The van der Waals surface area contributed by atoms with Crippen LogP contribution in [0.25, 0.3) is 0 Å². The molecule has 1 atom stereocenters. The van der Waals surface area contributed by atoms with Gasteiger partial charge in [0.1, 0.15) is 0 Å². The number of benzene rings is 1. The number of hydrogen-bond donors (Lipinski definition) is 1. The van der Waals surface area contributed by atoms with E-state index >= 15 is 0 Å². The summed E-state index contributed by atoms with van der Waals surface area (Å²) in [6.07, 6.45) is 4.47. The largest absolute Gasteiger partial charge is 0.353 e. The van der Waals surface area contributed by atoms with E-state index in [2.05, 4.69) is 39.9 Å². The van der Waals surface area contributed by atoms with Crippen molar-refractivity contribution in [3.05, 3.63) is 58.3 Å². The van der Waals surface area contributed by atoms with Crippen molar-refractivity contribution in [1.29, 1.82) is 0 Å². The first-order valence-electron chi connectivity index (χ1n) is 8.91. The highest BCUT2D eigenvalue weighted by Crippen LogP contribution is 2.48. The van der Waals surface area contributed by atoms with E-state index < -0.39 is 0 Å². The van der Waals surface area contributed by atoms with Gasteiger partial charge in [0.2, 0.25) is 5.91 Å². The van der Waals surface area contributed by atoms with Gasteiger partial charge in [-0.05, 0) is 55.8 Å². The average molecular weight is 340 g/mol. The molecule has 1 aromatic heterocycles. The SMILES string of the molecule is O=C(NCC(c1cccs1)N1CCCC1)C1(c2ccccc2)CC1. The van der Waals surface area contributed by atoms with Crippen LogP contribution in [0.5, 0.6) is 0 Å². The lowest BCUT2D eigenvalue weighted by atomic mass is 9.95. The zero-order chi connectivity index (χ0) is 16.4. The molecule has 2 aliphatic rings. The lowest BCUT2D eigenvalue weighted by molar-refractivity contribution is -0.123. The summed E-state index contributed by atoms with van der Waals surface area (Å²) in [5, 5.41) is 5.41. The first-order valence-corrected chi connectivity index (χ1v) is 9.79. The molecule has 0 bridgehead atoms. The highest BCUT2D eigenvalue weighted by molar-refractivity contribution is 7.10. The van der Waals surface area contributed by atoms with Gasteiger partial charge in [-0.15, -0.1) is 11.3 Å². The number of thiophene rings is 1. The Bertz CT molecular complexity index is 673. The molecule has 126 valence electrons. The van der Waals surface area contributed by atoms with Crippen LogP contribution in [0.1, 0.15) is 42.2 Å². The molecule has 1 aliphatic heterocycles. The fraction of sp³-hybridized carbons (Fsp3) is 0.450. The molecule has 0 radical (unpaired) electrons. The summed E-state index contributed by atoms with van der Waals surface area (Å²) in [7, 11) is 0. The topological polar surface area (TPSA) is 32.3 Å². The highest BCUT2D eigenvalue weighted by Gasteiger charge is 2.51. The predicted molar refractivity (Wildman–Crippen MR) is 98.2 cm³/mol. The van der Waals surface area contributed by atoms with Gasteiger partial charge in [0.05, 0.1) is 11.5 Å². The third-order valence-corrected chi connectivity index (χ3v) is 6.39. The summed E-state index contributed by atoms with van der Waals surface area (Å²) in [5.74, 6) is 0.203. The number of likely N-dealkylation sites (tertiary alicyclic amines) is 1. The van der Waals surface area contributed by atoms with Crippen LogP contribution in [-0.4, -0.2) is 30.4 Å². The van der Waals surface area contributed by atoms with Crippen molar-refractivity contribution in [2.24, 2.45) is 0 Å². The standard InChI is InChI=1S/C20H24N2OS/c23-19(20(10-11-20)16-7-2-1-3-8-16)21-15-17(18-9-6-14-24-18)22-12-4-5-13-22/h1-3,6-9,14,17H,4-5,10-13,15H2,(H,21,23). The van der Waals surface area contributed by atoms with Crippen LogP contribution in [0.2, 0.25) is 0 Å². The van der Waals surface area contributed by atoms with Crippen molar-refractivity contribution >= 4 is 17.2 Å². The van der Waals surface area contributed by atoms with E-state index in [1.165, 1.54) is 17.7 Å². The first kappa shape index (κ1) is 15.9. The molecule has 2 fully saturated rings. The van der Waals surface area contributed by atoms with Gasteiger partial charge in [-0.1, -0.05) is 36.4 Å². The molecule has 0 spiro atoms. The third kappa shape index (κ3) is 3.01. The summed E-state index contributed by atoms with van der Waals surface area (Å²) in [4.78, 5) is 16.8. The van der Waals surface area contributed by atoms with Gasteiger partial charge < -0.3 is 5.32 Å². The number of rotatable bonds is 6.